The molecular weight excluding hydrogens is 295 g/mol. The number of hydrogen-bond acceptors (Lipinski definition) is 4. The number of halogens is 1. The highest BCUT2D eigenvalue weighted by molar-refractivity contribution is 5.57. The number of carbonyl (C=O) groups is 1. The molecule has 2 rings (SSSR count). The van der Waals surface area contributed by atoms with E-state index in [1.165, 1.54) is 12.7 Å². The van der Waals surface area contributed by atoms with Crippen molar-refractivity contribution in [3.63, 3.8) is 0 Å². The molecule has 2 atom stereocenters. The van der Waals surface area contributed by atoms with Gasteiger partial charge in [0.05, 0.1) is 7.11 Å². The Bertz CT molecular complexity index is 508. The van der Waals surface area contributed by atoms with Crippen LogP contribution in [0.4, 0.5) is 10.1 Å². The Morgan fingerprint density at radius 2 is 2.09 bits per heavy atom. The number of carbonyl (C=O) groups excluding carboxylic acids is 1. The lowest BCUT2D eigenvalue weighted by Gasteiger charge is -2.39. The van der Waals surface area contributed by atoms with E-state index in [9.17, 15) is 4.39 Å². The summed E-state index contributed by atoms with van der Waals surface area (Å²) in [6.07, 6.45) is 2.26. The lowest BCUT2D eigenvalue weighted by molar-refractivity contribution is -0.126. The number of hydrogen-bond donors (Lipinski definition) is 1. The Kier molecular flexibility index (Phi) is 8.03. The fourth-order valence-electron chi connectivity index (χ4n) is 3.11. The van der Waals surface area contributed by atoms with Crippen molar-refractivity contribution in [2.75, 3.05) is 25.1 Å². The molecule has 0 saturated carbocycles. The van der Waals surface area contributed by atoms with Crippen molar-refractivity contribution in [3.8, 4) is 0 Å². The van der Waals surface area contributed by atoms with Crippen LogP contribution in [0.25, 0.3) is 0 Å². The minimum Gasteiger partial charge on any atom is -0.471 e. The van der Waals surface area contributed by atoms with Crippen LogP contribution in [-0.4, -0.2) is 38.8 Å². The molecule has 1 aliphatic heterocycles. The molecule has 0 radical (unpaired) electrons. The van der Waals surface area contributed by atoms with E-state index in [1.54, 1.807) is 12.1 Å². The van der Waals surface area contributed by atoms with Crippen LogP contribution in [0.15, 0.2) is 12.1 Å². The van der Waals surface area contributed by atoms with Gasteiger partial charge in [0.15, 0.2) is 0 Å². The van der Waals surface area contributed by atoms with E-state index >= 15 is 0 Å². The Morgan fingerprint density at radius 1 is 1.43 bits per heavy atom. The molecule has 0 aliphatic carbocycles. The Hall–Kier alpha value is -1.62. The zero-order chi connectivity index (χ0) is 17.4. The first-order valence-electron chi connectivity index (χ1n) is 8.17. The molecule has 23 heavy (non-hydrogen) atoms. The highest BCUT2D eigenvalue weighted by Crippen LogP contribution is 2.29. The average Bonchev–Trinajstić information content (AvgIpc) is 2.53. The number of rotatable bonds is 4. The van der Waals surface area contributed by atoms with Gasteiger partial charge in [0, 0.05) is 24.3 Å². The molecule has 0 spiro atoms. The normalized spacial score (nSPS) is 20.3. The van der Waals surface area contributed by atoms with Gasteiger partial charge in [-0.25, -0.2) is 4.39 Å². The maximum atomic E-state index is 13.7. The summed E-state index contributed by atoms with van der Waals surface area (Å²) >= 11 is 0. The van der Waals surface area contributed by atoms with E-state index in [1.807, 2.05) is 6.92 Å². The van der Waals surface area contributed by atoms with E-state index in [-0.39, 0.29) is 5.82 Å². The first kappa shape index (κ1) is 19.4. The van der Waals surface area contributed by atoms with Gasteiger partial charge in [0.25, 0.3) is 6.47 Å². The second kappa shape index (κ2) is 9.50. The third kappa shape index (κ3) is 5.50. The van der Waals surface area contributed by atoms with Crippen molar-refractivity contribution < 1.29 is 13.9 Å². The minimum absolute atomic E-state index is 0.126. The monoisotopic (exact) mass is 324 g/mol. The summed E-state index contributed by atoms with van der Waals surface area (Å²) in [5.74, 6) is -0.126. The van der Waals surface area contributed by atoms with Crippen molar-refractivity contribution in [1.29, 1.82) is 0 Å². The number of benzene rings is 1. The van der Waals surface area contributed by atoms with Crippen LogP contribution in [-0.2, 0) is 9.53 Å². The van der Waals surface area contributed by atoms with Crippen LogP contribution in [0.3, 0.4) is 0 Å². The summed E-state index contributed by atoms with van der Waals surface area (Å²) in [7, 11) is 1.31. The van der Waals surface area contributed by atoms with Crippen LogP contribution in [0, 0.1) is 19.7 Å². The average molecular weight is 324 g/mol. The van der Waals surface area contributed by atoms with Crippen LogP contribution < -0.4 is 10.2 Å². The zero-order valence-electron chi connectivity index (χ0n) is 14.9. The lowest BCUT2D eigenvalue weighted by atomic mass is 9.97. The first-order valence-corrected chi connectivity index (χ1v) is 8.17. The maximum absolute atomic E-state index is 13.7. The van der Waals surface area contributed by atoms with Crippen LogP contribution in [0.5, 0.6) is 0 Å². The molecule has 1 aliphatic rings. The standard InChI is InChI=1S/C16H25FN2.C2H4O2/c1-5-19(15-6-7-18-12(3)9-15)16-10-14(17)8-11(2)13(16)4;1-4-2-3/h8,10,12,15,18H,5-7,9H2,1-4H3;2H,1H3. The molecule has 1 N–H and O–H groups in total. The van der Waals surface area contributed by atoms with E-state index in [0.717, 1.165) is 37.2 Å². The number of methoxy groups -OCH3 is 1. The summed E-state index contributed by atoms with van der Waals surface area (Å²) in [5.41, 5.74) is 3.31. The summed E-state index contributed by atoms with van der Waals surface area (Å²) in [6, 6.07) is 4.37. The molecule has 0 bridgehead atoms. The van der Waals surface area contributed by atoms with Gasteiger partial charge in [0.2, 0.25) is 0 Å². The van der Waals surface area contributed by atoms with Gasteiger partial charge in [-0.1, -0.05) is 0 Å². The second-order valence-corrected chi connectivity index (χ2v) is 6.02. The van der Waals surface area contributed by atoms with Crippen LogP contribution >= 0.6 is 0 Å². The van der Waals surface area contributed by atoms with Gasteiger partial charge >= 0.3 is 0 Å². The van der Waals surface area contributed by atoms with Gasteiger partial charge in [-0.3, -0.25) is 4.79 Å². The Labute approximate surface area is 139 Å². The van der Waals surface area contributed by atoms with E-state index in [4.69, 9.17) is 4.79 Å². The molecule has 1 aromatic carbocycles. The number of piperidine rings is 1. The summed E-state index contributed by atoms with van der Waals surface area (Å²) in [4.78, 5) is 11.3. The molecule has 2 unspecified atom stereocenters. The molecule has 0 aromatic heterocycles. The molecule has 1 heterocycles. The number of nitrogens with one attached hydrogen (secondary N) is 1. The van der Waals surface area contributed by atoms with Crippen molar-refractivity contribution >= 4 is 12.2 Å². The maximum Gasteiger partial charge on any atom is 0.292 e. The molecule has 4 nitrogen and oxygen atoms in total. The highest BCUT2D eigenvalue weighted by atomic mass is 19.1. The predicted octanol–water partition coefficient (Wildman–Crippen LogP) is 3.20. The van der Waals surface area contributed by atoms with Crippen molar-refractivity contribution in [3.05, 3.63) is 29.1 Å². The topological polar surface area (TPSA) is 41.6 Å². The van der Waals surface area contributed by atoms with Crippen LogP contribution in [0.1, 0.15) is 37.8 Å². The van der Waals surface area contributed by atoms with E-state index in [0.29, 0.717) is 18.6 Å². The summed E-state index contributed by atoms with van der Waals surface area (Å²) in [6.45, 7) is 10.8. The number of aryl methyl sites for hydroxylation is 1. The largest absolute Gasteiger partial charge is 0.471 e. The SMILES string of the molecule is CCN(c1cc(F)cc(C)c1C)C1CCNC(C)C1.COC=O. The molecule has 1 fully saturated rings. The zero-order valence-corrected chi connectivity index (χ0v) is 14.9. The Balaban J connectivity index is 0.000000593. The second-order valence-electron chi connectivity index (χ2n) is 6.02. The first-order chi connectivity index (χ1) is 10.9. The van der Waals surface area contributed by atoms with E-state index in [2.05, 4.69) is 35.7 Å². The van der Waals surface area contributed by atoms with E-state index < -0.39 is 0 Å². The van der Waals surface area contributed by atoms with Gasteiger partial charge in [-0.05, 0) is 70.3 Å². The third-order valence-corrected chi connectivity index (χ3v) is 4.39. The summed E-state index contributed by atoms with van der Waals surface area (Å²) in [5, 5.41) is 3.48. The molecule has 0 amide bonds. The third-order valence-electron chi connectivity index (χ3n) is 4.39. The molecule has 1 saturated heterocycles. The van der Waals surface area contributed by atoms with Crippen molar-refractivity contribution in [1.82, 2.24) is 5.32 Å². The van der Waals surface area contributed by atoms with Gasteiger partial charge in [0.1, 0.15) is 5.82 Å². The number of anilines is 1. The van der Waals surface area contributed by atoms with Crippen molar-refractivity contribution in [2.24, 2.45) is 0 Å². The fraction of sp³-hybridized carbons (Fsp3) is 0.611. The van der Waals surface area contributed by atoms with Gasteiger partial charge in [-0.2, -0.15) is 0 Å². The predicted molar refractivity (Wildman–Crippen MR) is 92.5 cm³/mol. The molecule has 1 aromatic rings. The molecular formula is C18H29FN2O2. The quantitative estimate of drug-likeness (QED) is 0.864. The van der Waals surface area contributed by atoms with Crippen LogP contribution in [0.2, 0.25) is 0 Å². The smallest absolute Gasteiger partial charge is 0.292 e. The van der Waals surface area contributed by atoms with Gasteiger partial charge in [-0.15, -0.1) is 0 Å². The highest BCUT2D eigenvalue weighted by Gasteiger charge is 2.25. The molecule has 5 heteroatoms. The number of nitrogens with zero attached hydrogens (tertiary/aromatic N) is 1. The summed E-state index contributed by atoms with van der Waals surface area (Å²) < 4.78 is 17.6. The Morgan fingerprint density at radius 3 is 2.61 bits per heavy atom. The van der Waals surface area contributed by atoms with Gasteiger partial charge < -0.3 is 15.0 Å². The lowest BCUT2D eigenvalue weighted by Crippen LogP contribution is -2.47. The number of ether oxygens (including phenoxy) is 1. The molecule has 130 valence electrons. The minimum atomic E-state index is -0.126. The fourth-order valence-corrected chi connectivity index (χ4v) is 3.11. The van der Waals surface area contributed by atoms with Crippen molar-refractivity contribution in [2.45, 2.75) is 52.6 Å².